The second kappa shape index (κ2) is 10.5. The van der Waals surface area contributed by atoms with Gasteiger partial charge in [0.15, 0.2) is 12.1 Å². The standard InChI is InChI=1S/C27H26N4O3/c1-20(33-26-7-3-5-17-32-26)27-29-15-16-31(27)19-24-18-25(34-30-24)22-11-8-21(9-12-22)10-13-23-6-2-4-14-28-23/h2,4,6,8-9,11-12,14-16,18,20,26H,3,5,7,17,19H2,1H3. The molecule has 4 heterocycles. The Hall–Kier alpha value is -3.73. The van der Waals surface area contributed by atoms with Gasteiger partial charge in [-0.1, -0.05) is 17.1 Å². The third-order valence-electron chi connectivity index (χ3n) is 5.67. The summed E-state index contributed by atoms with van der Waals surface area (Å²) in [5, 5.41) is 4.26. The molecular formula is C27H26N4O3. The van der Waals surface area contributed by atoms with Crippen molar-refractivity contribution in [3.8, 4) is 23.2 Å². The van der Waals surface area contributed by atoms with E-state index < -0.39 is 0 Å². The second-order valence-electron chi connectivity index (χ2n) is 8.21. The molecule has 0 radical (unpaired) electrons. The summed E-state index contributed by atoms with van der Waals surface area (Å²) in [5.74, 6) is 7.75. The lowest BCUT2D eigenvalue weighted by Crippen LogP contribution is -2.24. The monoisotopic (exact) mass is 454 g/mol. The second-order valence-corrected chi connectivity index (χ2v) is 8.21. The topological polar surface area (TPSA) is 75.2 Å². The minimum atomic E-state index is -0.177. The minimum Gasteiger partial charge on any atom is -0.356 e. The summed E-state index contributed by atoms with van der Waals surface area (Å²) in [5.41, 5.74) is 3.41. The molecule has 0 spiro atoms. The van der Waals surface area contributed by atoms with Gasteiger partial charge in [-0.15, -0.1) is 0 Å². The Balaban J connectivity index is 1.24. The molecule has 2 atom stereocenters. The third-order valence-corrected chi connectivity index (χ3v) is 5.67. The lowest BCUT2D eigenvalue weighted by atomic mass is 10.1. The van der Waals surface area contributed by atoms with E-state index in [1.807, 2.05) is 66.2 Å². The number of pyridine rings is 1. The molecule has 172 valence electrons. The highest BCUT2D eigenvalue weighted by Crippen LogP contribution is 2.25. The summed E-state index contributed by atoms with van der Waals surface area (Å²) in [4.78, 5) is 8.72. The molecule has 1 fully saturated rings. The van der Waals surface area contributed by atoms with Gasteiger partial charge in [-0.05, 0) is 68.5 Å². The predicted octanol–water partition coefficient (Wildman–Crippen LogP) is 4.99. The fraction of sp³-hybridized carbons (Fsp3) is 0.296. The average molecular weight is 455 g/mol. The van der Waals surface area contributed by atoms with Crippen LogP contribution in [-0.4, -0.2) is 32.6 Å². The Morgan fingerprint density at radius 2 is 2.00 bits per heavy atom. The van der Waals surface area contributed by atoms with E-state index in [2.05, 4.69) is 27.0 Å². The van der Waals surface area contributed by atoms with Crippen molar-refractivity contribution in [2.75, 3.05) is 6.61 Å². The minimum absolute atomic E-state index is 0.163. The van der Waals surface area contributed by atoms with Crippen molar-refractivity contribution in [1.29, 1.82) is 0 Å². The van der Waals surface area contributed by atoms with Gasteiger partial charge in [-0.2, -0.15) is 0 Å². The van der Waals surface area contributed by atoms with E-state index in [9.17, 15) is 0 Å². The molecular weight excluding hydrogens is 428 g/mol. The summed E-state index contributed by atoms with van der Waals surface area (Å²) in [7, 11) is 0. The van der Waals surface area contributed by atoms with Gasteiger partial charge in [-0.3, -0.25) is 0 Å². The fourth-order valence-electron chi connectivity index (χ4n) is 3.91. The first-order chi connectivity index (χ1) is 16.7. The molecule has 1 aliphatic heterocycles. The summed E-state index contributed by atoms with van der Waals surface area (Å²) in [6, 6.07) is 15.5. The number of hydrogen-bond acceptors (Lipinski definition) is 6. The zero-order chi connectivity index (χ0) is 23.2. The lowest BCUT2D eigenvalue weighted by Gasteiger charge is -2.26. The van der Waals surface area contributed by atoms with Gasteiger partial charge in [0.05, 0.1) is 6.54 Å². The summed E-state index contributed by atoms with van der Waals surface area (Å²) < 4.78 is 19.4. The summed E-state index contributed by atoms with van der Waals surface area (Å²) >= 11 is 0. The first kappa shape index (κ1) is 22.1. The zero-order valence-corrected chi connectivity index (χ0v) is 19.1. The highest BCUT2D eigenvalue weighted by Gasteiger charge is 2.21. The van der Waals surface area contributed by atoms with Gasteiger partial charge in [0, 0.05) is 42.4 Å². The first-order valence-electron chi connectivity index (χ1n) is 11.5. The van der Waals surface area contributed by atoms with Crippen LogP contribution in [0, 0.1) is 11.8 Å². The van der Waals surface area contributed by atoms with Gasteiger partial charge in [-0.25, -0.2) is 9.97 Å². The van der Waals surface area contributed by atoms with Crippen molar-refractivity contribution in [3.05, 3.63) is 89.9 Å². The largest absolute Gasteiger partial charge is 0.356 e. The van der Waals surface area contributed by atoms with Crippen molar-refractivity contribution in [2.45, 2.75) is 45.1 Å². The van der Waals surface area contributed by atoms with E-state index in [0.29, 0.717) is 12.3 Å². The number of rotatable bonds is 6. The number of ether oxygens (including phenoxy) is 2. The van der Waals surface area contributed by atoms with Crippen molar-refractivity contribution >= 4 is 0 Å². The van der Waals surface area contributed by atoms with Gasteiger partial charge in [0.2, 0.25) is 0 Å². The maximum Gasteiger partial charge on any atom is 0.167 e. The van der Waals surface area contributed by atoms with E-state index in [4.69, 9.17) is 14.0 Å². The predicted molar refractivity (Wildman–Crippen MR) is 127 cm³/mol. The Morgan fingerprint density at radius 1 is 1.09 bits per heavy atom. The fourth-order valence-corrected chi connectivity index (χ4v) is 3.91. The van der Waals surface area contributed by atoms with Crippen molar-refractivity contribution in [2.24, 2.45) is 0 Å². The maximum atomic E-state index is 6.08. The quantitative estimate of drug-likeness (QED) is 0.382. The van der Waals surface area contributed by atoms with E-state index in [-0.39, 0.29) is 12.4 Å². The van der Waals surface area contributed by atoms with Gasteiger partial charge in [0.1, 0.15) is 23.3 Å². The number of aromatic nitrogens is 4. The molecule has 1 aromatic carbocycles. The highest BCUT2D eigenvalue weighted by atomic mass is 16.7. The van der Waals surface area contributed by atoms with Crippen LogP contribution >= 0.6 is 0 Å². The molecule has 0 saturated carbocycles. The van der Waals surface area contributed by atoms with Crippen LogP contribution in [0.15, 0.2) is 71.6 Å². The smallest absolute Gasteiger partial charge is 0.167 e. The molecule has 0 N–H and O–H groups in total. The highest BCUT2D eigenvalue weighted by molar-refractivity contribution is 5.59. The molecule has 5 rings (SSSR count). The number of nitrogens with zero attached hydrogens (tertiary/aromatic N) is 4. The van der Waals surface area contributed by atoms with E-state index in [1.54, 1.807) is 12.4 Å². The zero-order valence-electron chi connectivity index (χ0n) is 19.1. The van der Waals surface area contributed by atoms with Gasteiger partial charge in [0.25, 0.3) is 0 Å². The van der Waals surface area contributed by atoms with Crippen LogP contribution in [0.1, 0.15) is 55.1 Å². The van der Waals surface area contributed by atoms with Crippen molar-refractivity contribution < 1.29 is 14.0 Å². The lowest BCUT2D eigenvalue weighted by molar-refractivity contribution is -0.188. The van der Waals surface area contributed by atoms with Crippen LogP contribution < -0.4 is 0 Å². The molecule has 7 nitrogen and oxygen atoms in total. The van der Waals surface area contributed by atoms with Crippen LogP contribution in [0.5, 0.6) is 0 Å². The first-order valence-corrected chi connectivity index (χ1v) is 11.5. The van der Waals surface area contributed by atoms with Crippen LogP contribution in [0.4, 0.5) is 0 Å². The molecule has 7 heteroatoms. The maximum absolute atomic E-state index is 6.08. The molecule has 0 bridgehead atoms. The van der Waals surface area contributed by atoms with Crippen LogP contribution in [0.3, 0.4) is 0 Å². The van der Waals surface area contributed by atoms with E-state index in [0.717, 1.165) is 54.2 Å². The van der Waals surface area contributed by atoms with Gasteiger partial charge >= 0.3 is 0 Å². The molecule has 1 saturated heterocycles. The van der Waals surface area contributed by atoms with Crippen LogP contribution in [0.2, 0.25) is 0 Å². The summed E-state index contributed by atoms with van der Waals surface area (Å²) in [6.45, 7) is 3.31. The Bertz CT molecular complexity index is 1260. The molecule has 3 aromatic heterocycles. The van der Waals surface area contributed by atoms with E-state index in [1.165, 1.54) is 0 Å². The normalized spacial score (nSPS) is 16.6. The van der Waals surface area contributed by atoms with Crippen LogP contribution in [0.25, 0.3) is 11.3 Å². The molecule has 1 aliphatic rings. The number of hydrogen-bond donors (Lipinski definition) is 0. The van der Waals surface area contributed by atoms with Gasteiger partial charge < -0.3 is 18.6 Å². The average Bonchev–Trinajstić information content (AvgIpc) is 3.55. The summed E-state index contributed by atoms with van der Waals surface area (Å²) in [6.07, 6.45) is 8.26. The number of imidazole rings is 1. The Kier molecular flexibility index (Phi) is 6.80. The molecule has 34 heavy (non-hydrogen) atoms. The third kappa shape index (κ3) is 5.42. The Labute approximate surface area is 198 Å². The molecule has 4 aromatic rings. The van der Waals surface area contributed by atoms with E-state index >= 15 is 0 Å². The SMILES string of the molecule is CC(OC1CCCCO1)c1nccn1Cc1cc(-c2ccc(C#Cc3ccccn3)cc2)on1. The molecule has 0 aliphatic carbocycles. The Morgan fingerprint density at radius 3 is 2.79 bits per heavy atom. The van der Waals surface area contributed by atoms with Crippen molar-refractivity contribution in [1.82, 2.24) is 19.7 Å². The molecule has 2 unspecified atom stereocenters. The van der Waals surface area contributed by atoms with Crippen LogP contribution in [-0.2, 0) is 16.0 Å². The molecule has 0 amide bonds. The van der Waals surface area contributed by atoms with Crippen molar-refractivity contribution in [3.63, 3.8) is 0 Å². The number of benzene rings is 1.